The maximum atomic E-state index is 7.15. The van der Waals surface area contributed by atoms with Gasteiger partial charge < -0.3 is 9.47 Å². The highest BCUT2D eigenvalue weighted by Crippen LogP contribution is 2.40. The first kappa shape index (κ1) is 15.6. The van der Waals surface area contributed by atoms with Crippen LogP contribution in [0.1, 0.15) is 23.7 Å². The van der Waals surface area contributed by atoms with Gasteiger partial charge in [-0.25, -0.2) is 4.85 Å². The summed E-state index contributed by atoms with van der Waals surface area (Å²) in [6.45, 7) is 7.15. The summed E-state index contributed by atoms with van der Waals surface area (Å²) in [7, 11) is 1.51. The van der Waals surface area contributed by atoms with Gasteiger partial charge in [0.1, 0.15) is 6.10 Å². The molecule has 0 saturated carbocycles. The van der Waals surface area contributed by atoms with E-state index in [2.05, 4.69) is 60.5 Å². The molecule has 0 aliphatic heterocycles. The largest absolute Gasteiger partial charge is 0.490 e. The third-order valence-electron chi connectivity index (χ3n) is 3.62. The number of hydrogen-bond acceptors (Lipinski definition) is 3. The molecule has 1 aromatic heterocycles. The summed E-state index contributed by atoms with van der Waals surface area (Å²) in [5.41, 5.74) is 2.89. The third kappa shape index (κ3) is 2.79. The molecular weight excluding hydrogens is 459 g/mol. The molecule has 0 amide bonds. The lowest BCUT2D eigenvalue weighted by Crippen LogP contribution is -2.06. The number of rotatable bonds is 3. The number of methoxy groups -OCH3 is 1. The van der Waals surface area contributed by atoms with Gasteiger partial charge >= 0.3 is 0 Å². The highest BCUT2D eigenvalue weighted by Gasteiger charge is 2.27. The van der Waals surface area contributed by atoms with Gasteiger partial charge in [-0.2, -0.15) is 4.98 Å². The Hall–Kier alpha value is -1.33. The first-order valence-corrected chi connectivity index (χ1v) is 8.57. The minimum atomic E-state index is -0.0167. The molecule has 0 bridgehead atoms. The fourth-order valence-electron chi connectivity index (χ4n) is 2.59. The summed E-state index contributed by atoms with van der Waals surface area (Å²) in [6, 6.07) is 7.91. The second-order valence-corrected chi connectivity index (χ2v) is 6.88. The Labute approximate surface area is 150 Å². The van der Waals surface area contributed by atoms with E-state index >= 15 is 0 Å². The zero-order valence-corrected chi connectivity index (χ0v) is 15.5. The van der Waals surface area contributed by atoms with Crippen molar-refractivity contribution < 1.29 is 9.47 Å². The molecule has 3 rings (SSSR count). The lowest BCUT2D eigenvalue weighted by atomic mass is 10.1. The minimum Gasteiger partial charge on any atom is -0.490 e. The first-order chi connectivity index (χ1) is 10.6. The highest BCUT2D eigenvalue weighted by molar-refractivity contribution is 14.1. The van der Waals surface area contributed by atoms with Gasteiger partial charge in [-0.1, -0.05) is 28.1 Å². The molecule has 1 aliphatic rings. The summed E-state index contributed by atoms with van der Waals surface area (Å²) >= 11 is 5.73. The van der Waals surface area contributed by atoms with Crippen molar-refractivity contribution >= 4 is 44.2 Å². The molecule has 1 aromatic carbocycles. The molecule has 0 radical (unpaired) electrons. The van der Waals surface area contributed by atoms with Crippen LogP contribution in [0.3, 0.4) is 0 Å². The van der Waals surface area contributed by atoms with Gasteiger partial charge in [-0.15, -0.1) is 0 Å². The van der Waals surface area contributed by atoms with Gasteiger partial charge in [0.25, 0.3) is 0 Å². The Bertz CT molecular complexity index is 773. The molecule has 6 heteroatoms. The molecule has 0 saturated heterocycles. The van der Waals surface area contributed by atoms with E-state index in [0.29, 0.717) is 17.4 Å². The third-order valence-corrected chi connectivity index (χ3v) is 5.13. The van der Waals surface area contributed by atoms with Gasteiger partial charge in [-0.05, 0) is 58.7 Å². The number of benzene rings is 1. The molecule has 0 spiro atoms. The molecule has 0 fully saturated rings. The van der Waals surface area contributed by atoms with Gasteiger partial charge in [0.05, 0.1) is 17.3 Å². The molecule has 112 valence electrons. The zero-order valence-electron chi connectivity index (χ0n) is 11.8. The second kappa shape index (κ2) is 6.42. The number of nitrogens with zero attached hydrogens (tertiary/aromatic N) is 2. The molecule has 0 N–H and O–H groups in total. The van der Waals surface area contributed by atoms with Gasteiger partial charge in [0.2, 0.25) is 17.4 Å². The number of fused-ring (bicyclic) bond motifs is 1. The normalized spacial score (nSPS) is 16.0. The summed E-state index contributed by atoms with van der Waals surface area (Å²) < 4.78 is 13.2. The van der Waals surface area contributed by atoms with Crippen LogP contribution in [-0.2, 0) is 6.42 Å². The molecule has 0 unspecified atom stereocenters. The smallest absolute Gasteiger partial charge is 0.248 e. The number of aromatic nitrogens is 1. The van der Waals surface area contributed by atoms with Crippen molar-refractivity contribution in [3.8, 4) is 11.8 Å². The van der Waals surface area contributed by atoms with Gasteiger partial charge in [0, 0.05) is 4.47 Å². The molecule has 1 heterocycles. The van der Waals surface area contributed by atoms with Crippen LogP contribution in [0, 0.1) is 10.1 Å². The van der Waals surface area contributed by atoms with Crippen molar-refractivity contribution in [2.24, 2.45) is 0 Å². The lowest BCUT2D eigenvalue weighted by molar-refractivity contribution is 0.195. The standard InChI is InChI=1S/C16H12BrIN2O2/c1-19-13-8-12(18)15(20-16(13)21-2)22-14-7-6-9-10(14)4-3-5-11(9)17/h3-5,8,14H,6-7H2,2H3/t14-/m0/s1. The Balaban J connectivity index is 1.93. The molecule has 1 atom stereocenters. The van der Waals surface area contributed by atoms with E-state index in [1.807, 2.05) is 6.07 Å². The van der Waals surface area contributed by atoms with Crippen LogP contribution in [0.2, 0.25) is 0 Å². The van der Waals surface area contributed by atoms with E-state index in [4.69, 9.17) is 16.0 Å². The summed E-state index contributed by atoms with van der Waals surface area (Å²) in [5.74, 6) is 0.820. The van der Waals surface area contributed by atoms with E-state index in [1.54, 1.807) is 6.07 Å². The van der Waals surface area contributed by atoms with E-state index in [-0.39, 0.29) is 6.10 Å². The molecular formula is C16H12BrIN2O2. The van der Waals surface area contributed by atoms with Crippen molar-refractivity contribution in [3.63, 3.8) is 0 Å². The van der Waals surface area contributed by atoms with Gasteiger partial charge in [-0.3, -0.25) is 0 Å². The average molecular weight is 471 g/mol. The average Bonchev–Trinajstić information content (AvgIpc) is 2.93. The van der Waals surface area contributed by atoms with Crippen LogP contribution >= 0.6 is 38.5 Å². The van der Waals surface area contributed by atoms with Crippen LogP contribution in [0.4, 0.5) is 5.69 Å². The van der Waals surface area contributed by atoms with Crippen LogP contribution in [0.25, 0.3) is 4.85 Å². The Morgan fingerprint density at radius 2 is 2.23 bits per heavy atom. The molecule has 22 heavy (non-hydrogen) atoms. The Morgan fingerprint density at radius 3 is 2.95 bits per heavy atom. The number of pyridine rings is 1. The molecule has 2 aromatic rings. The van der Waals surface area contributed by atoms with Crippen LogP contribution < -0.4 is 9.47 Å². The fraction of sp³-hybridized carbons (Fsp3) is 0.250. The van der Waals surface area contributed by atoms with Crippen molar-refractivity contribution in [2.45, 2.75) is 18.9 Å². The van der Waals surface area contributed by atoms with Crippen molar-refractivity contribution in [1.82, 2.24) is 4.98 Å². The predicted molar refractivity (Wildman–Crippen MR) is 95.6 cm³/mol. The minimum absolute atomic E-state index is 0.0167. The number of halogens is 2. The van der Waals surface area contributed by atoms with Crippen LogP contribution in [-0.4, -0.2) is 12.1 Å². The van der Waals surface area contributed by atoms with E-state index in [0.717, 1.165) is 20.9 Å². The number of hydrogen-bond donors (Lipinski definition) is 0. The highest BCUT2D eigenvalue weighted by atomic mass is 127. The predicted octanol–water partition coefficient (Wildman–Crippen LogP) is 5.07. The van der Waals surface area contributed by atoms with Crippen LogP contribution in [0.15, 0.2) is 28.7 Å². The monoisotopic (exact) mass is 470 g/mol. The Morgan fingerprint density at radius 1 is 1.41 bits per heavy atom. The maximum Gasteiger partial charge on any atom is 0.248 e. The molecule has 4 nitrogen and oxygen atoms in total. The summed E-state index contributed by atoms with van der Waals surface area (Å²) in [4.78, 5) is 7.76. The van der Waals surface area contributed by atoms with Crippen molar-refractivity contribution in [1.29, 1.82) is 0 Å². The van der Waals surface area contributed by atoms with Crippen molar-refractivity contribution in [2.75, 3.05) is 7.11 Å². The number of ether oxygens (including phenoxy) is 2. The second-order valence-electron chi connectivity index (χ2n) is 4.87. The maximum absolute atomic E-state index is 7.15. The van der Waals surface area contributed by atoms with E-state index < -0.39 is 0 Å². The lowest BCUT2D eigenvalue weighted by Gasteiger charge is -2.16. The summed E-state index contributed by atoms with van der Waals surface area (Å²) in [5, 5.41) is 0. The van der Waals surface area contributed by atoms with Crippen molar-refractivity contribution in [3.05, 3.63) is 54.9 Å². The summed E-state index contributed by atoms with van der Waals surface area (Å²) in [6.07, 6.45) is 1.88. The van der Waals surface area contributed by atoms with Crippen LogP contribution in [0.5, 0.6) is 11.8 Å². The van der Waals surface area contributed by atoms with E-state index in [1.165, 1.54) is 18.2 Å². The first-order valence-electron chi connectivity index (χ1n) is 6.70. The van der Waals surface area contributed by atoms with E-state index in [9.17, 15) is 0 Å². The van der Waals surface area contributed by atoms with Gasteiger partial charge in [0.15, 0.2) is 0 Å². The fourth-order valence-corrected chi connectivity index (χ4v) is 3.71. The SMILES string of the molecule is [C-]#[N+]c1cc(I)c(O[C@H]2CCc3c(Br)cccc32)nc1OC. The quantitative estimate of drug-likeness (QED) is 0.463. The zero-order chi connectivity index (χ0) is 15.7. The molecule has 1 aliphatic carbocycles. The topological polar surface area (TPSA) is 35.7 Å². The Kier molecular flexibility index (Phi) is 4.54.